The van der Waals surface area contributed by atoms with E-state index in [1.54, 1.807) is 0 Å². The average Bonchev–Trinajstić information content (AvgIpc) is 2.51. The third-order valence-electron chi connectivity index (χ3n) is 5.06. The molecule has 2 aliphatic heterocycles. The summed E-state index contributed by atoms with van der Waals surface area (Å²) in [4.78, 5) is 26.6. The standard InChI is InChI=1S/C18H27Cl3N2O2/c1-3-4-6-13(22-17(25)18(19,20)21)11-15-10-12(2)9-14-7-5-8-16(24)23(14)15/h4,6,12-15H,3,5,7-11H2,1-2H3,(H,22,25)/b6-4+/t12?,13-,14?,15?/m0/s1. The van der Waals surface area contributed by atoms with Crippen molar-refractivity contribution in [3.63, 3.8) is 0 Å². The number of fused-ring (bicyclic) bond motifs is 1. The Balaban J connectivity index is 2.13. The summed E-state index contributed by atoms with van der Waals surface area (Å²) in [5, 5.41) is 2.80. The van der Waals surface area contributed by atoms with Gasteiger partial charge in [0.2, 0.25) is 5.91 Å². The molecule has 2 rings (SSSR count). The zero-order chi connectivity index (χ0) is 18.6. The van der Waals surface area contributed by atoms with Crippen molar-refractivity contribution in [2.45, 2.75) is 80.7 Å². The predicted molar refractivity (Wildman–Crippen MR) is 103 cm³/mol. The molecule has 2 amide bonds. The quantitative estimate of drug-likeness (QED) is 0.541. The lowest BCUT2D eigenvalue weighted by molar-refractivity contribution is -0.143. The van der Waals surface area contributed by atoms with Crippen LogP contribution in [0.2, 0.25) is 0 Å². The van der Waals surface area contributed by atoms with Crippen LogP contribution in [0.25, 0.3) is 0 Å². The first-order chi connectivity index (χ1) is 11.7. The number of hydrogen-bond donors (Lipinski definition) is 1. The largest absolute Gasteiger partial charge is 0.346 e. The van der Waals surface area contributed by atoms with E-state index in [0.29, 0.717) is 24.8 Å². The van der Waals surface area contributed by atoms with Crippen molar-refractivity contribution in [3.8, 4) is 0 Å². The molecule has 4 atom stereocenters. The summed E-state index contributed by atoms with van der Waals surface area (Å²) in [6, 6.07) is 0.187. The number of halogens is 3. The van der Waals surface area contributed by atoms with Gasteiger partial charge >= 0.3 is 0 Å². The molecule has 7 heteroatoms. The molecular formula is C18H27Cl3N2O2. The second-order valence-corrected chi connectivity index (χ2v) is 9.51. The molecule has 1 N–H and O–H groups in total. The van der Waals surface area contributed by atoms with Crippen molar-refractivity contribution < 1.29 is 9.59 Å². The van der Waals surface area contributed by atoms with Crippen LogP contribution >= 0.6 is 34.8 Å². The molecule has 0 spiro atoms. The number of rotatable bonds is 5. The molecule has 2 fully saturated rings. The van der Waals surface area contributed by atoms with E-state index in [-0.39, 0.29) is 18.0 Å². The summed E-state index contributed by atoms with van der Waals surface area (Å²) < 4.78 is -1.98. The first-order valence-corrected chi connectivity index (χ1v) is 10.2. The monoisotopic (exact) mass is 408 g/mol. The first kappa shape index (κ1) is 20.9. The van der Waals surface area contributed by atoms with E-state index in [0.717, 1.165) is 32.1 Å². The molecule has 0 radical (unpaired) electrons. The maximum atomic E-state index is 12.5. The average molecular weight is 410 g/mol. The van der Waals surface area contributed by atoms with Gasteiger partial charge in [0.1, 0.15) is 0 Å². The number of allylic oxidation sites excluding steroid dienone is 1. The van der Waals surface area contributed by atoms with Crippen LogP contribution in [-0.2, 0) is 9.59 Å². The SMILES string of the molecule is CC/C=C/[C@@H](CC1CC(C)CC2CCCC(=O)N21)NC(=O)C(Cl)(Cl)Cl. The minimum Gasteiger partial charge on any atom is -0.346 e. The van der Waals surface area contributed by atoms with Crippen LogP contribution in [0.5, 0.6) is 0 Å². The van der Waals surface area contributed by atoms with Gasteiger partial charge in [-0.25, -0.2) is 0 Å². The lowest BCUT2D eigenvalue weighted by Crippen LogP contribution is -2.56. The Kier molecular flexibility index (Phi) is 7.48. The summed E-state index contributed by atoms with van der Waals surface area (Å²) >= 11 is 17.1. The summed E-state index contributed by atoms with van der Waals surface area (Å²) in [5.41, 5.74) is 0. The van der Waals surface area contributed by atoms with Gasteiger partial charge in [-0.05, 0) is 44.4 Å². The van der Waals surface area contributed by atoms with Crippen LogP contribution in [0.15, 0.2) is 12.2 Å². The number of carbonyl (C=O) groups excluding carboxylic acids is 2. The normalized spacial score (nSPS) is 28.8. The Bertz CT molecular complexity index is 519. The Morgan fingerprint density at radius 2 is 2.12 bits per heavy atom. The molecular weight excluding hydrogens is 383 g/mol. The first-order valence-electron chi connectivity index (χ1n) is 9.07. The fraction of sp³-hybridized carbons (Fsp3) is 0.778. The molecule has 2 heterocycles. The van der Waals surface area contributed by atoms with Crippen LogP contribution in [0.3, 0.4) is 0 Å². The number of carbonyl (C=O) groups is 2. The zero-order valence-corrected chi connectivity index (χ0v) is 17.1. The van der Waals surface area contributed by atoms with E-state index in [1.165, 1.54) is 0 Å². The van der Waals surface area contributed by atoms with E-state index in [9.17, 15) is 9.59 Å². The van der Waals surface area contributed by atoms with Gasteiger partial charge in [-0.15, -0.1) is 0 Å². The van der Waals surface area contributed by atoms with E-state index in [2.05, 4.69) is 17.1 Å². The minimum atomic E-state index is -1.98. The van der Waals surface area contributed by atoms with Crippen molar-refractivity contribution >= 4 is 46.6 Å². The molecule has 2 aliphatic rings. The van der Waals surface area contributed by atoms with Crippen LogP contribution in [0.4, 0.5) is 0 Å². The van der Waals surface area contributed by atoms with Crippen molar-refractivity contribution in [1.29, 1.82) is 0 Å². The van der Waals surface area contributed by atoms with Gasteiger partial charge in [-0.3, -0.25) is 9.59 Å². The second-order valence-electron chi connectivity index (χ2n) is 7.23. The minimum absolute atomic E-state index is 0.115. The summed E-state index contributed by atoms with van der Waals surface area (Å²) in [6.07, 6.45) is 10.1. The van der Waals surface area contributed by atoms with Crippen LogP contribution in [-0.4, -0.2) is 38.6 Å². The Labute approximate surface area is 165 Å². The van der Waals surface area contributed by atoms with E-state index >= 15 is 0 Å². The van der Waals surface area contributed by atoms with E-state index in [1.807, 2.05) is 19.1 Å². The highest BCUT2D eigenvalue weighted by atomic mass is 35.6. The maximum absolute atomic E-state index is 12.5. The molecule has 142 valence electrons. The molecule has 3 unspecified atom stereocenters. The van der Waals surface area contributed by atoms with Gasteiger partial charge < -0.3 is 10.2 Å². The Morgan fingerprint density at radius 3 is 2.76 bits per heavy atom. The van der Waals surface area contributed by atoms with Gasteiger partial charge in [-0.2, -0.15) is 0 Å². The van der Waals surface area contributed by atoms with Crippen molar-refractivity contribution in [3.05, 3.63) is 12.2 Å². The van der Waals surface area contributed by atoms with Crippen LogP contribution in [0, 0.1) is 5.92 Å². The molecule has 0 aromatic heterocycles. The van der Waals surface area contributed by atoms with Gasteiger partial charge in [0.15, 0.2) is 0 Å². The smallest absolute Gasteiger partial charge is 0.272 e. The van der Waals surface area contributed by atoms with E-state index in [4.69, 9.17) is 34.8 Å². The lowest BCUT2D eigenvalue weighted by Gasteiger charge is -2.48. The molecule has 0 bridgehead atoms. The second kappa shape index (κ2) is 8.96. The topological polar surface area (TPSA) is 49.4 Å². The van der Waals surface area contributed by atoms with Gasteiger partial charge in [-0.1, -0.05) is 60.8 Å². The third kappa shape index (κ3) is 5.77. The fourth-order valence-corrected chi connectivity index (χ4v) is 4.24. The lowest BCUT2D eigenvalue weighted by atomic mass is 9.80. The number of nitrogens with one attached hydrogen (secondary N) is 1. The van der Waals surface area contributed by atoms with Gasteiger partial charge in [0, 0.05) is 24.5 Å². The van der Waals surface area contributed by atoms with Crippen LogP contribution < -0.4 is 5.32 Å². The highest BCUT2D eigenvalue weighted by Crippen LogP contribution is 2.36. The molecule has 0 aliphatic carbocycles. The predicted octanol–water partition coefficient (Wildman–Crippen LogP) is 4.38. The van der Waals surface area contributed by atoms with Crippen molar-refractivity contribution in [2.24, 2.45) is 5.92 Å². The van der Waals surface area contributed by atoms with Gasteiger partial charge in [0.05, 0.1) is 0 Å². The maximum Gasteiger partial charge on any atom is 0.272 e. The number of hydrogen-bond acceptors (Lipinski definition) is 2. The molecule has 0 aromatic rings. The molecule has 0 aromatic carbocycles. The number of alkyl halides is 3. The molecule has 0 saturated carbocycles. The van der Waals surface area contributed by atoms with Gasteiger partial charge in [0.25, 0.3) is 9.70 Å². The third-order valence-corrected chi connectivity index (χ3v) is 5.57. The van der Waals surface area contributed by atoms with Crippen molar-refractivity contribution in [1.82, 2.24) is 10.2 Å². The summed E-state index contributed by atoms with van der Waals surface area (Å²) in [7, 11) is 0. The van der Waals surface area contributed by atoms with Crippen molar-refractivity contribution in [2.75, 3.05) is 0 Å². The van der Waals surface area contributed by atoms with Crippen LogP contribution in [0.1, 0.15) is 58.8 Å². The highest BCUT2D eigenvalue weighted by molar-refractivity contribution is 6.76. The molecule has 4 nitrogen and oxygen atoms in total. The molecule has 2 saturated heterocycles. The number of nitrogens with zero attached hydrogens (tertiary/aromatic N) is 1. The number of amides is 2. The molecule has 25 heavy (non-hydrogen) atoms. The number of piperidine rings is 2. The Hall–Kier alpha value is -0.450. The summed E-state index contributed by atoms with van der Waals surface area (Å²) in [5.74, 6) is 0.171. The summed E-state index contributed by atoms with van der Waals surface area (Å²) in [6.45, 7) is 4.26. The Morgan fingerprint density at radius 1 is 1.40 bits per heavy atom. The zero-order valence-electron chi connectivity index (χ0n) is 14.8. The fourth-order valence-electron chi connectivity index (χ4n) is 4.07. The highest BCUT2D eigenvalue weighted by Gasteiger charge is 2.40. The van der Waals surface area contributed by atoms with E-state index < -0.39 is 9.70 Å².